The molecule has 0 atom stereocenters. The molecule has 1 saturated carbocycles. The molecule has 4 heteroatoms. The molecule has 0 bridgehead atoms. The van der Waals surface area contributed by atoms with E-state index >= 15 is 0 Å². The molecule has 1 aliphatic carbocycles. The minimum absolute atomic E-state index is 0.251. The SMILES string of the molecule is CSc1cccc(NC2CCC3(CC2)OCCO3)c1. The van der Waals surface area contributed by atoms with Crippen LogP contribution in [0.15, 0.2) is 29.2 Å². The molecule has 2 fully saturated rings. The number of ether oxygens (including phenoxy) is 2. The third-order valence-corrected chi connectivity index (χ3v) is 4.73. The van der Waals surface area contributed by atoms with Gasteiger partial charge in [-0.3, -0.25) is 0 Å². The molecule has 1 heterocycles. The second-order valence-corrected chi connectivity index (χ2v) is 6.14. The minimum atomic E-state index is -0.251. The number of nitrogens with one attached hydrogen (secondary N) is 1. The maximum Gasteiger partial charge on any atom is 0.168 e. The summed E-state index contributed by atoms with van der Waals surface area (Å²) in [4.78, 5) is 1.31. The maximum atomic E-state index is 5.76. The standard InChI is InChI=1S/C15H21NO2S/c1-19-14-4-2-3-13(11-14)16-12-5-7-15(8-6-12)17-9-10-18-15/h2-4,11-12,16H,5-10H2,1H3. The first-order valence-electron chi connectivity index (χ1n) is 6.98. The predicted octanol–water partition coefficient (Wildman–Crippen LogP) is 3.51. The number of thioether (sulfide) groups is 1. The van der Waals surface area contributed by atoms with E-state index in [-0.39, 0.29) is 5.79 Å². The molecular formula is C15H21NO2S. The second-order valence-electron chi connectivity index (χ2n) is 5.26. The molecule has 0 radical (unpaired) electrons. The van der Waals surface area contributed by atoms with Crippen molar-refractivity contribution in [1.82, 2.24) is 0 Å². The number of anilines is 1. The van der Waals surface area contributed by atoms with Gasteiger partial charge < -0.3 is 14.8 Å². The monoisotopic (exact) mass is 279 g/mol. The number of hydrogen-bond donors (Lipinski definition) is 1. The fraction of sp³-hybridized carbons (Fsp3) is 0.600. The first-order valence-corrected chi connectivity index (χ1v) is 8.21. The van der Waals surface area contributed by atoms with E-state index < -0.39 is 0 Å². The molecule has 1 aliphatic heterocycles. The van der Waals surface area contributed by atoms with Crippen molar-refractivity contribution < 1.29 is 9.47 Å². The highest BCUT2D eigenvalue weighted by atomic mass is 32.2. The van der Waals surface area contributed by atoms with Gasteiger partial charge in [0, 0.05) is 29.5 Å². The van der Waals surface area contributed by atoms with E-state index in [4.69, 9.17) is 9.47 Å². The van der Waals surface area contributed by atoms with Crippen LogP contribution in [0.4, 0.5) is 5.69 Å². The smallest absolute Gasteiger partial charge is 0.168 e. The van der Waals surface area contributed by atoms with Crippen molar-refractivity contribution in [2.24, 2.45) is 0 Å². The van der Waals surface area contributed by atoms with Crippen molar-refractivity contribution in [2.75, 3.05) is 24.8 Å². The molecule has 1 aromatic carbocycles. The van der Waals surface area contributed by atoms with Crippen LogP contribution < -0.4 is 5.32 Å². The predicted molar refractivity (Wildman–Crippen MR) is 78.7 cm³/mol. The lowest BCUT2D eigenvalue weighted by Crippen LogP contribution is -2.39. The minimum Gasteiger partial charge on any atom is -0.382 e. The topological polar surface area (TPSA) is 30.5 Å². The summed E-state index contributed by atoms with van der Waals surface area (Å²) in [5.41, 5.74) is 1.22. The Morgan fingerprint density at radius 3 is 2.63 bits per heavy atom. The fourth-order valence-electron chi connectivity index (χ4n) is 2.94. The van der Waals surface area contributed by atoms with E-state index in [0.29, 0.717) is 6.04 Å². The summed E-state index contributed by atoms with van der Waals surface area (Å²) in [6.45, 7) is 1.52. The van der Waals surface area contributed by atoms with Crippen molar-refractivity contribution in [3.8, 4) is 0 Å². The zero-order valence-electron chi connectivity index (χ0n) is 11.4. The van der Waals surface area contributed by atoms with E-state index in [2.05, 4.69) is 35.8 Å². The Morgan fingerprint density at radius 2 is 1.95 bits per heavy atom. The molecule has 104 valence electrons. The molecule has 1 N–H and O–H groups in total. The lowest BCUT2D eigenvalue weighted by molar-refractivity contribution is -0.177. The Labute approximate surface area is 119 Å². The molecule has 3 nitrogen and oxygen atoms in total. The molecule has 0 aromatic heterocycles. The Morgan fingerprint density at radius 1 is 1.21 bits per heavy atom. The highest BCUT2D eigenvalue weighted by molar-refractivity contribution is 7.98. The van der Waals surface area contributed by atoms with E-state index in [9.17, 15) is 0 Å². The van der Waals surface area contributed by atoms with Crippen LogP contribution in [0.2, 0.25) is 0 Å². The van der Waals surface area contributed by atoms with Gasteiger partial charge in [-0.05, 0) is 37.3 Å². The summed E-state index contributed by atoms with van der Waals surface area (Å²) in [5, 5.41) is 3.64. The highest BCUT2D eigenvalue weighted by Gasteiger charge is 2.40. The maximum absolute atomic E-state index is 5.76. The summed E-state index contributed by atoms with van der Waals surface area (Å²) in [6.07, 6.45) is 6.35. The number of benzene rings is 1. The van der Waals surface area contributed by atoms with Crippen molar-refractivity contribution >= 4 is 17.4 Å². The van der Waals surface area contributed by atoms with Crippen molar-refractivity contribution in [3.63, 3.8) is 0 Å². The molecule has 19 heavy (non-hydrogen) atoms. The first-order chi connectivity index (χ1) is 9.30. The van der Waals surface area contributed by atoms with Gasteiger partial charge in [-0.2, -0.15) is 0 Å². The molecule has 0 amide bonds. The zero-order valence-corrected chi connectivity index (χ0v) is 12.2. The summed E-state index contributed by atoms with van der Waals surface area (Å²) in [6, 6.07) is 9.16. The average molecular weight is 279 g/mol. The van der Waals surface area contributed by atoms with E-state index in [1.807, 2.05) is 0 Å². The van der Waals surface area contributed by atoms with Gasteiger partial charge in [-0.1, -0.05) is 6.07 Å². The van der Waals surface area contributed by atoms with Gasteiger partial charge >= 0.3 is 0 Å². The summed E-state index contributed by atoms with van der Waals surface area (Å²) in [5.74, 6) is -0.251. The van der Waals surface area contributed by atoms with Crippen molar-refractivity contribution in [1.29, 1.82) is 0 Å². The second kappa shape index (κ2) is 5.73. The van der Waals surface area contributed by atoms with Gasteiger partial charge in [0.2, 0.25) is 0 Å². The summed E-state index contributed by atoms with van der Waals surface area (Å²) >= 11 is 1.78. The zero-order chi connectivity index (χ0) is 13.1. The molecule has 1 saturated heterocycles. The Balaban J connectivity index is 1.56. The van der Waals surface area contributed by atoms with Gasteiger partial charge in [0.1, 0.15) is 0 Å². The van der Waals surface area contributed by atoms with Crippen LogP contribution in [-0.4, -0.2) is 31.3 Å². The molecule has 3 rings (SSSR count). The van der Waals surface area contributed by atoms with Gasteiger partial charge in [0.05, 0.1) is 13.2 Å². The van der Waals surface area contributed by atoms with Gasteiger partial charge in [0.15, 0.2) is 5.79 Å². The van der Waals surface area contributed by atoms with Crippen LogP contribution in [0.3, 0.4) is 0 Å². The van der Waals surface area contributed by atoms with Gasteiger partial charge in [-0.15, -0.1) is 11.8 Å². The lowest BCUT2D eigenvalue weighted by atomic mass is 9.90. The van der Waals surface area contributed by atoms with Crippen LogP contribution >= 0.6 is 11.8 Å². The Kier molecular flexibility index (Phi) is 4.01. The lowest BCUT2D eigenvalue weighted by Gasteiger charge is -2.36. The van der Waals surface area contributed by atoms with Gasteiger partial charge in [0.25, 0.3) is 0 Å². The van der Waals surface area contributed by atoms with Crippen LogP contribution in [0, 0.1) is 0 Å². The normalized spacial score (nSPS) is 22.8. The van der Waals surface area contributed by atoms with Crippen molar-refractivity contribution in [3.05, 3.63) is 24.3 Å². The largest absolute Gasteiger partial charge is 0.382 e. The molecule has 1 aromatic rings. The quantitative estimate of drug-likeness (QED) is 0.858. The van der Waals surface area contributed by atoms with E-state index in [1.54, 1.807) is 11.8 Å². The molecule has 2 aliphatic rings. The van der Waals surface area contributed by atoms with Crippen LogP contribution in [0.25, 0.3) is 0 Å². The van der Waals surface area contributed by atoms with Gasteiger partial charge in [-0.25, -0.2) is 0 Å². The summed E-state index contributed by atoms with van der Waals surface area (Å²) in [7, 11) is 0. The van der Waals surface area contributed by atoms with Crippen molar-refractivity contribution in [2.45, 2.75) is 42.4 Å². The first kappa shape index (κ1) is 13.3. The summed E-state index contributed by atoms with van der Waals surface area (Å²) < 4.78 is 11.5. The number of hydrogen-bond acceptors (Lipinski definition) is 4. The third kappa shape index (κ3) is 3.07. The highest BCUT2D eigenvalue weighted by Crippen LogP contribution is 2.36. The van der Waals surface area contributed by atoms with E-state index in [1.165, 1.54) is 10.6 Å². The van der Waals surface area contributed by atoms with Crippen LogP contribution in [-0.2, 0) is 9.47 Å². The molecule has 1 spiro atoms. The molecular weight excluding hydrogens is 258 g/mol. The number of rotatable bonds is 3. The fourth-order valence-corrected chi connectivity index (χ4v) is 3.40. The Hall–Kier alpha value is -0.710. The van der Waals surface area contributed by atoms with Crippen LogP contribution in [0.1, 0.15) is 25.7 Å². The average Bonchev–Trinajstić information content (AvgIpc) is 2.90. The van der Waals surface area contributed by atoms with E-state index in [0.717, 1.165) is 38.9 Å². The van der Waals surface area contributed by atoms with Crippen LogP contribution in [0.5, 0.6) is 0 Å². The third-order valence-electron chi connectivity index (χ3n) is 4.00. The molecule has 0 unspecified atom stereocenters. The Bertz CT molecular complexity index is 422.